The Balaban J connectivity index is 1.84. The molecule has 0 radical (unpaired) electrons. The van der Waals surface area contributed by atoms with Crippen molar-refractivity contribution in [1.29, 1.82) is 0 Å². The second-order valence-electron chi connectivity index (χ2n) is 6.02. The van der Waals surface area contributed by atoms with Crippen molar-refractivity contribution in [2.24, 2.45) is 11.7 Å². The van der Waals surface area contributed by atoms with Gasteiger partial charge in [0, 0.05) is 6.04 Å². The van der Waals surface area contributed by atoms with E-state index in [1.807, 2.05) is 0 Å². The van der Waals surface area contributed by atoms with E-state index < -0.39 is 5.54 Å². The molecule has 0 unspecified atom stereocenters. The Morgan fingerprint density at radius 1 is 1.18 bits per heavy atom. The molecule has 1 amide bonds. The largest absolute Gasteiger partial charge is 0.352 e. The van der Waals surface area contributed by atoms with Gasteiger partial charge in [-0.15, -0.1) is 0 Å². The zero-order chi connectivity index (χ0) is 12.3. The molecule has 0 aliphatic heterocycles. The number of hydrogen-bond donors (Lipinski definition) is 2. The second kappa shape index (κ2) is 5.38. The van der Waals surface area contributed by atoms with Gasteiger partial charge in [0.05, 0.1) is 5.54 Å². The molecule has 17 heavy (non-hydrogen) atoms. The number of hydrogen-bond acceptors (Lipinski definition) is 2. The maximum atomic E-state index is 12.2. The summed E-state index contributed by atoms with van der Waals surface area (Å²) in [5, 5.41) is 3.17. The third-order valence-electron chi connectivity index (χ3n) is 4.66. The Hall–Kier alpha value is -0.570. The standard InChI is InChI=1S/C14H26N2O/c1-11(12-7-3-2-4-8-12)16-13(17)14(15)9-5-6-10-14/h11-12H,2-10,15H2,1H3,(H,16,17)/t11-/m0/s1. The lowest BCUT2D eigenvalue weighted by molar-refractivity contribution is -0.127. The van der Waals surface area contributed by atoms with Crippen LogP contribution < -0.4 is 11.1 Å². The van der Waals surface area contributed by atoms with Gasteiger partial charge in [-0.1, -0.05) is 32.1 Å². The quantitative estimate of drug-likeness (QED) is 0.793. The van der Waals surface area contributed by atoms with Gasteiger partial charge in [-0.3, -0.25) is 4.79 Å². The van der Waals surface area contributed by atoms with Crippen molar-refractivity contribution < 1.29 is 4.79 Å². The van der Waals surface area contributed by atoms with Crippen LogP contribution in [-0.4, -0.2) is 17.5 Å². The lowest BCUT2D eigenvalue weighted by Gasteiger charge is -2.31. The summed E-state index contributed by atoms with van der Waals surface area (Å²) in [6.07, 6.45) is 10.4. The van der Waals surface area contributed by atoms with Gasteiger partial charge in [-0.2, -0.15) is 0 Å². The van der Waals surface area contributed by atoms with Crippen molar-refractivity contribution >= 4 is 5.91 Å². The number of nitrogens with one attached hydrogen (secondary N) is 1. The molecule has 2 rings (SSSR count). The lowest BCUT2D eigenvalue weighted by atomic mass is 9.84. The van der Waals surface area contributed by atoms with E-state index in [4.69, 9.17) is 5.73 Å². The molecule has 0 spiro atoms. The molecule has 2 saturated carbocycles. The first-order chi connectivity index (χ1) is 8.12. The molecule has 0 bridgehead atoms. The van der Waals surface area contributed by atoms with Crippen molar-refractivity contribution in [3.05, 3.63) is 0 Å². The third-order valence-corrected chi connectivity index (χ3v) is 4.66. The SMILES string of the molecule is C[C@H](NC(=O)C1(N)CCCC1)C1CCCCC1. The van der Waals surface area contributed by atoms with Gasteiger partial charge in [-0.25, -0.2) is 0 Å². The Bertz CT molecular complexity index is 265. The van der Waals surface area contributed by atoms with E-state index in [9.17, 15) is 4.79 Å². The average molecular weight is 238 g/mol. The summed E-state index contributed by atoms with van der Waals surface area (Å²) >= 11 is 0. The smallest absolute Gasteiger partial charge is 0.240 e. The van der Waals surface area contributed by atoms with Gasteiger partial charge >= 0.3 is 0 Å². The highest BCUT2D eigenvalue weighted by molar-refractivity contribution is 5.86. The summed E-state index contributed by atoms with van der Waals surface area (Å²) < 4.78 is 0. The average Bonchev–Trinajstić information content (AvgIpc) is 2.78. The number of nitrogens with two attached hydrogens (primary N) is 1. The number of rotatable bonds is 3. The number of carbonyl (C=O) groups excluding carboxylic acids is 1. The van der Waals surface area contributed by atoms with Gasteiger partial charge in [0.25, 0.3) is 0 Å². The van der Waals surface area contributed by atoms with Crippen LogP contribution >= 0.6 is 0 Å². The van der Waals surface area contributed by atoms with Crippen LogP contribution in [0.15, 0.2) is 0 Å². The van der Waals surface area contributed by atoms with Crippen LogP contribution in [0.5, 0.6) is 0 Å². The minimum absolute atomic E-state index is 0.0908. The van der Waals surface area contributed by atoms with E-state index in [0.717, 1.165) is 25.7 Å². The van der Waals surface area contributed by atoms with Crippen LogP contribution in [0.2, 0.25) is 0 Å². The van der Waals surface area contributed by atoms with E-state index >= 15 is 0 Å². The molecule has 98 valence electrons. The van der Waals surface area contributed by atoms with Crippen LogP contribution in [-0.2, 0) is 4.79 Å². The zero-order valence-electron chi connectivity index (χ0n) is 11.0. The molecule has 2 aliphatic carbocycles. The highest BCUT2D eigenvalue weighted by atomic mass is 16.2. The van der Waals surface area contributed by atoms with E-state index in [0.29, 0.717) is 12.0 Å². The van der Waals surface area contributed by atoms with E-state index in [-0.39, 0.29) is 5.91 Å². The maximum Gasteiger partial charge on any atom is 0.240 e. The zero-order valence-corrected chi connectivity index (χ0v) is 11.0. The normalized spacial score (nSPS) is 26.7. The van der Waals surface area contributed by atoms with E-state index in [1.165, 1.54) is 32.1 Å². The molecular formula is C14H26N2O. The summed E-state index contributed by atoms with van der Waals surface area (Å²) in [7, 11) is 0. The summed E-state index contributed by atoms with van der Waals surface area (Å²) in [5.41, 5.74) is 5.60. The summed E-state index contributed by atoms with van der Waals surface area (Å²) in [6.45, 7) is 2.15. The maximum absolute atomic E-state index is 12.2. The minimum Gasteiger partial charge on any atom is -0.352 e. The first-order valence-corrected chi connectivity index (χ1v) is 7.22. The second-order valence-corrected chi connectivity index (χ2v) is 6.02. The lowest BCUT2D eigenvalue weighted by Crippen LogP contribution is -2.55. The van der Waals surface area contributed by atoms with Crippen LogP contribution in [0.4, 0.5) is 0 Å². The number of amides is 1. The van der Waals surface area contributed by atoms with E-state index in [2.05, 4.69) is 12.2 Å². The fraction of sp³-hybridized carbons (Fsp3) is 0.929. The molecule has 2 aliphatic rings. The Labute approximate surface area is 105 Å². The molecule has 3 N–H and O–H groups in total. The van der Waals surface area contributed by atoms with Crippen molar-refractivity contribution in [3.63, 3.8) is 0 Å². The first kappa shape index (κ1) is 12.9. The Morgan fingerprint density at radius 2 is 1.76 bits per heavy atom. The van der Waals surface area contributed by atoms with Crippen molar-refractivity contribution in [1.82, 2.24) is 5.32 Å². The van der Waals surface area contributed by atoms with E-state index in [1.54, 1.807) is 0 Å². The van der Waals surface area contributed by atoms with Crippen molar-refractivity contribution in [2.45, 2.75) is 76.3 Å². The fourth-order valence-corrected chi connectivity index (χ4v) is 3.34. The summed E-state index contributed by atoms with van der Waals surface area (Å²) in [5.74, 6) is 0.755. The summed E-state index contributed by atoms with van der Waals surface area (Å²) in [4.78, 5) is 12.2. The molecule has 0 aromatic heterocycles. The molecule has 0 saturated heterocycles. The molecule has 0 aromatic rings. The molecule has 0 aromatic carbocycles. The van der Waals surface area contributed by atoms with Crippen molar-refractivity contribution in [3.8, 4) is 0 Å². The van der Waals surface area contributed by atoms with Gasteiger partial charge in [-0.05, 0) is 38.5 Å². The van der Waals surface area contributed by atoms with Crippen LogP contribution in [0.1, 0.15) is 64.7 Å². The monoisotopic (exact) mass is 238 g/mol. The third kappa shape index (κ3) is 3.01. The molecule has 1 atom stereocenters. The van der Waals surface area contributed by atoms with Gasteiger partial charge in [0.2, 0.25) is 5.91 Å². The molecule has 0 heterocycles. The van der Waals surface area contributed by atoms with Gasteiger partial charge in [0.1, 0.15) is 0 Å². The van der Waals surface area contributed by atoms with Gasteiger partial charge in [0.15, 0.2) is 0 Å². The first-order valence-electron chi connectivity index (χ1n) is 7.22. The highest BCUT2D eigenvalue weighted by Crippen LogP contribution is 2.29. The summed E-state index contributed by atoms with van der Waals surface area (Å²) in [6, 6.07) is 0.295. The van der Waals surface area contributed by atoms with Crippen LogP contribution in [0, 0.1) is 5.92 Å². The minimum atomic E-state index is -0.567. The predicted molar refractivity (Wildman–Crippen MR) is 69.6 cm³/mol. The Morgan fingerprint density at radius 3 is 2.35 bits per heavy atom. The van der Waals surface area contributed by atoms with Crippen LogP contribution in [0.25, 0.3) is 0 Å². The molecular weight excluding hydrogens is 212 g/mol. The molecule has 3 heteroatoms. The number of carbonyl (C=O) groups is 1. The fourth-order valence-electron chi connectivity index (χ4n) is 3.34. The van der Waals surface area contributed by atoms with Crippen LogP contribution in [0.3, 0.4) is 0 Å². The molecule has 2 fully saturated rings. The molecule has 3 nitrogen and oxygen atoms in total. The Kier molecular flexibility index (Phi) is 4.08. The topological polar surface area (TPSA) is 55.1 Å². The predicted octanol–water partition coefficient (Wildman–Crippen LogP) is 2.34. The highest BCUT2D eigenvalue weighted by Gasteiger charge is 2.38. The van der Waals surface area contributed by atoms with Gasteiger partial charge < -0.3 is 11.1 Å². The van der Waals surface area contributed by atoms with Crippen molar-refractivity contribution in [2.75, 3.05) is 0 Å².